The van der Waals surface area contributed by atoms with Crippen LogP contribution in [0.5, 0.6) is 0 Å². The van der Waals surface area contributed by atoms with Gasteiger partial charge in [0.2, 0.25) is 0 Å². The van der Waals surface area contributed by atoms with E-state index in [-0.39, 0.29) is 0 Å². The molecule has 2 heterocycles. The molecule has 2 aromatic heterocycles. The summed E-state index contributed by atoms with van der Waals surface area (Å²) in [6.45, 7) is 4.68. The van der Waals surface area contributed by atoms with Gasteiger partial charge >= 0.3 is 0 Å². The van der Waals surface area contributed by atoms with Gasteiger partial charge in [0.15, 0.2) is 0 Å². The third-order valence-electron chi connectivity index (χ3n) is 2.76. The fraction of sp³-hybridized carbons (Fsp3) is 0.545. The van der Waals surface area contributed by atoms with Crippen LogP contribution in [0, 0.1) is 6.92 Å². The fourth-order valence-electron chi connectivity index (χ4n) is 1.87. The summed E-state index contributed by atoms with van der Waals surface area (Å²) in [6, 6.07) is 1.91. The molecule has 0 aliphatic heterocycles. The summed E-state index contributed by atoms with van der Waals surface area (Å²) in [4.78, 5) is 4.11. The number of aryl methyl sites for hydroxylation is 3. The van der Waals surface area contributed by atoms with E-state index in [0.717, 1.165) is 23.8 Å². The van der Waals surface area contributed by atoms with Gasteiger partial charge in [-0.2, -0.15) is 10.2 Å². The lowest BCUT2D eigenvalue weighted by atomic mass is 10.1. The smallest absolute Gasteiger partial charge is 0.138 e. The highest BCUT2D eigenvalue weighted by atomic mass is 16.3. The molecule has 0 bridgehead atoms. The molecule has 6 nitrogen and oxygen atoms in total. The number of nitrogens with zero attached hydrogens (tertiary/aromatic N) is 5. The SMILES string of the molecule is CCn1nc(C)cc1C(O)Cc1ncnn1C. The van der Waals surface area contributed by atoms with Crippen molar-refractivity contribution in [2.45, 2.75) is 32.9 Å². The van der Waals surface area contributed by atoms with Gasteiger partial charge in [-0.1, -0.05) is 0 Å². The topological polar surface area (TPSA) is 68.8 Å². The van der Waals surface area contributed by atoms with Crippen LogP contribution in [0.1, 0.15) is 30.2 Å². The fourth-order valence-corrected chi connectivity index (χ4v) is 1.87. The Morgan fingerprint density at radius 2 is 2.24 bits per heavy atom. The van der Waals surface area contributed by atoms with Crippen molar-refractivity contribution in [2.24, 2.45) is 7.05 Å². The highest BCUT2D eigenvalue weighted by Gasteiger charge is 2.16. The second-order valence-electron chi connectivity index (χ2n) is 4.05. The molecule has 1 N–H and O–H groups in total. The zero-order chi connectivity index (χ0) is 12.4. The molecule has 6 heteroatoms. The number of hydrogen-bond acceptors (Lipinski definition) is 4. The Morgan fingerprint density at radius 3 is 2.82 bits per heavy atom. The standard InChI is InChI=1S/C11H17N5O/c1-4-16-9(5-8(2)14-16)10(17)6-11-12-7-13-15(11)3/h5,7,10,17H,4,6H2,1-3H3. The van der Waals surface area contributed by atoms with E-state index >= 15 is 0 Å². The molecule has 92 valence electrons. The minimum absolute atomic E-state index is 0.446. The van der Waals surface area contributed by atoms with E-state index in [1.165, 1.54) is 6.33 Å². The molecule has 0 saturated heterocycles. The number of aromatic nitrogens is 5. The first kappa shape index (κ1) is 11.8. The zero-order valence-electron chi connectivity index (χ0n) is 10.3. The lowest BCUT2D eigenvalue weighted by Gasteiger charge is -2.11. The molecular formula is C11H17N5O. The highest BCUT2D eigenvalue weighted by molar-refractivity contribution is 5.13. The second kappa shape index (κ2) is 4.67. The molecule has 0 saturated carbocycles. The summed E-state index contributed by atoms with van der Waals surface area (Å²) in [5.74, 6) is 0.763. The van der Waals surface area contributed by atoms with Gasteiger partial charge in [-0.15, -0.1) is 0 Å². The van der Waals surface area contributed by atoms with Gasteiger partial charge in [0.05, 0.1) is 11.4 Å². The van der Waals surface area contributed by atoms with Crippen molar-refractivity contribution in [3.8, 4) is 0 Å². The minimum atomic E-state index is -0.598. The lowest BCUT2D eigenvalue weighted by molar-refractivity contribution is 0.163. The quantitative estimate of drug-likeness (QED) is 0.843. The molecule has 0 amide bonds. The lowest BCUT2D eigenvalue weighted by Crippen LogP contribution is -2.12. The van der Waals surface area contributed by atoms with Crippen molar-refractivity contribution in [1.29, 1.82) is 0 Å². The highest BCUT2D eigenvalue weighted by Crippen LogP contribution is 2.18. The summed E-state index contributed by atoms with van der Waals surface area (Å²) in [6.07, 6.45) is 1.34. The summed E-state index contributed by atoms with van der Waals surface area (Å²) < 4.78 is 3.49. The number of aliphatic hydroxyl groups is 1. The minimum Gasteiger partial charge on any atom is -0.386 e. The Balaban J connectivity index is 2.19. The molecule has 17 heavy (non-hydrogen) atoms. The van der Waals surface area contributed by atoms with Gasteiger partial charge in [0.1, 0.15) is 18.3 Å². The second-order valence-corrected chi connectivity index (χ2v) is 4.05. The zero-order valence-corrected chi connectivity index (χ0v) is 10.3. The Kier molecular flexibility index (Phi) is 3.23. The van der Waals surface area contributed by atoms with Crippen molar-refractivity contribution in [2.75, 3.05) is 0 Å². The third kappa shape index (κ3) is 2.36. The van der Waals surface area contributed by atoms with Crippen molar-refractivity contribution in [3.63, 3.8) is 0 Å². The molecule has 2 rings (SSSR count). The first-order valence-corrected chi connectivity index (χ1v) is 5.67. The van der Waals surface area contributed by atoms with Gasteiger partial charge in [0.25, 0.3) is 0 Å². The summed E-state index contributed by atoms with van der Waals surface area (Å²) in [5.41, 5.74) is 1.74. The molecule has 2 aromatic rings. The van der Waals surface area contributed by atoms with E-state index in [1.807, 2.05) is 31.6 Å². The molecule has 0 aromatic carbocycles. The van der Waals surface area contributed by atoms with E-state index in [2.05, 4.69) is 15.2 Å². The third-order valence-corrected chi connectivity index (χ3v) is 2.76. The maximum absolute atomic E-state index is 10.2. The van der Waals surface area contributed by atoms with Gasteiger partial charge in [0, 0.05) is 20.0 Å². The largest absolute Gasteiger partial charge is 0.386 e. The molecule has 0 radical (unpaired) electrons. The molecule has 0 spiro atoms. The van der Waals surface area contributed by atoms with Crippen molar-refractivity contribution in [3.05, 3.63) is 29.6 Å². The normalized spacial score (nSPS) is 12.9. The summed E-state index contributed by atoms with van der Waals surface area (Å²) in [5, 5.41) is 18.5. The van der Waals surface area contributed by atoms with Crippen molar-refractivity contribution in [1.82, 2.24) is 24.5 Å². The van der Waals surface area contributed by atoms with Crippen LogP contribution < -0.4 is 0 Å². The first-order valence-electron chi connectivity index (χ1n) is 5.67. The van der Waals surface area contributed by atoms with Crippen LogP contribution in [-0.2, 0) is 20.0 Å². The molecule has 1 atom stereocenters. The maximum atomic E-state index is 10.2. The molecule has 0 aliphatic rings. The van der Waals surface area contributed by atoms with E-state index < -0.39 is 6.10 Å². The predicted molar refractivity (Wildman–Crippen MR) is 62.3 cm³/mol. The Hall–Kier alpha value is -1.69. The van der Waals surface area contributed by atoms with E-state index in [1.54, 1.807) is 4.68 Å². The molecule has 0 aliphatic carbocycles. The van der Waals surface area contributed by atoms with Crippen LogP contribution in [0.2, 0.25) is 0 Å². The van der Waals surface area contributed by atoms with Gasteiger partial charge in [-0.3, -0.25) is 9.36 Å². The van der Waals surface area contributed by atoms with E-state index in [0.29, 0.717) is 6.42 Å². The van der Waals surface area contributed by atoms with Crippen LogP contribution in [0.4, 0.5) is 0 Å². The van der Waals surface area contributed by atoms with E-state index in [4.69, 9.17) is 0 Å². The molecule has 1 unspecified atom stereocenters. The number of rotatable bonds is 4. The van der Waals surface area contributed by atoms with E-state index in [9.17, 15) is 5.11 Å². The van der Waals surface area contributed by atoms with Crippen LogP contribution in [-0.4, -0.2) is 29.7 Å². The summed E-state index contributed by atoms with van der Waals surface area (Å²) >= 11 is 0. The monoisotopic (exact) mass is 235 g/mol. The molecule has 0 fully saturated rings. The van der Waals surface area contributed by atoms with Crippen LogP contribution in [0.3, 0.4) is 0 Å². The first-order chi connectivity index (χ1) is 8.11. The summed E-state index contributed by atoms with van der Waals surface area (Å²) in [7, 11) is 1.82. The Bertz CT molecular complexity index is 502. The Labute approximate surface area is 99.9 Å². The molecular weight excluding hydrogens is 218 g/mol. The Morgan fingerprint density at radius 1 is 1.47 bits per heavy atom. The van der Waals surface area contributed by atoms with Gasteiger partial charge in [-0.05, 0) is 19.9 Å². The maximum Gasteiger partial charge on any atom is 0.138 e. The van der Waals surface area contributed by atoms with Crippen molar-refractivity contribution >= 4 is 0 Å². The van der Waals surface area contributed by atoms with Gasteiger partial charge < -0.3 is 5.11 Å². The van der Waals surface area contributed by atoms with Crippen molar-refractivity contribution < 1.29 is 5.11 Å². The predicted octanol–water partition coefficient (Wildman–Crippen LogP) is 0.616. The average Bonchev–Trinajstić information content (AvgIpc) is 2.85. The van der Waals surface area contributed by atoms with Gasteiger partial charge in [-0.25, -0.2) is 4.98 Å². The van der Waals surface area contributed by atoms with Crippen LogP contribution >= 0.6 is 0 Å². The number of hydrogen-bond donors (Lipinski definition) is 1. The average molecular weight is 235 g/mol. The van der Waals surface area contributed by atoms with Crippen LogP contribution in [0.15, 0.2) is 12.4 Å². The number of aliphatic hydroxyl groups excluding tert-OH is 1. The van der Waals surface area contributed by atoms with Crippen LogP contribution in [0.25, 0.3) is 0 Å².